The molecular formula is C25H24F5NO8. The van der Waals surface area contributed by atoms with Gasteiger partial charge in [0.15, 0.2) is 0 Å². The van der Waals surface area contributed by atoms with Gasteiger partial charge in [0.2, 0.25) is 34.8 Å². The van der Waals surface area contributed by atoms with Gasteiger partial charge in [0.05, 0.1) is 76.9 Å². The maximum atomic E-state index is 13.5. The van der Waals surface area contributed by atoms with Crippen molar-refractivity contribution in [2.75, 3.05) is 59.4 Å². The van der Waals surface area contributed by atoms with Gasteiger partial charge in [0.1, 0.15) is 0 Å². The highest BCUT2D eigenvalue weighted by molar-refractivity contribution is 6.21. The summed E-state index contributed by atoms with van der Waals surface area (Å²) >= 11 is 0. The summed E-state index contributed by atoms with van der Waals surface area (Å²) < 4.78 is 91.5. The first-order valence-electron chi connectivity index (χ1n) is 11.7. The lowest BCUT2D eigenvalue weighted by Crippen LogP contribution is -2.33. The summed E-state index contributed by atoms with van der Waals surface area (Å²) in [5.41, 5.74) is 0.759. The maximum absolute atomic E-state index is 13.5. The Hall–Kier alpha value is -3.46. The molecule has 1 heterocycles. The van der Waals surface area contributed by atoms with E-state index in [9.17, 15) is 36.3 Å². The van der Waals surface area contributed by atoms with Gasteiger partial charge in [-0.05, 0) is 12.1 Å². The van der Waals surface area contributed by atoms with E-state index in [1.165, 1.54) is 0 Å². The minimum Gasteiger partial charge on any atom is -0.420 e. The zero-order chi connectivity index (χ0) is 28.4. The second kappa shape index (κ2) is 14.6. The Morgan fingerprint density at radius 1 is 0.615 bits per heavy atom. The fourth-order valence-corrected chi connectivity index (χ4v) is 3.35. The van der Waals surface area contributed by atoms with Gasteiger partial charge in [-0.25, -0.2) is 13.2 Å². The third kappa shape index (κ3) is 7.79. The molecule has 0 N–H and O–H groups in total. The number of esters is 1. The number of hydrogen-bond acceptors (Lipinski definition) is 8. The largest absolute Gasteiger partial charge is 0.420 e. The summed E-state index contributed by atoms with van der Waals surface area (Å²) in [7, 11) is 0. The van der Waals surface area contributed by atoms with Crippen LogP contribution in [0.2, 0.25) is 0 Å². The number of nitrogens with zero attached hydrogens (tertiary/aromatic N) is 1. The van der Waals surface area contributed by atoms with E-state index in [1.54, 1.807) is 24.3 Å². The van der Waals surface area contributed by atoms with E-state index in [2.05, 4.69) is 4.74 Å². The van der Waals surface area contributed by atoms with E-state index in [4.69, 9.17) is 18.9 Å². The molecule has 0 aromatic heterocycles. The number of fused-ring (bicyclic) bond motifs is 1. The third-order valence-electron chi connectivity index (χ3n) is 5.29. The van der Waals surface area contributed by atoms with Crippen molar-refractivity contribution in [2.24, 2.45) is 0 Å². The molecule has 0 unspecified atom stereocenters. The minimum absolute atomic E-state index is 0.0523. The molecule has 0 fully saturated rings. The van der Waals surface area contributed by atoms with E-state index >= 15 is 0 Å². The number of imide groups is 1. The number of rotatable bonds is 16. The zero-order valence-corrected chi connectivity index (χ0v) is 20.5. The molecular weight excluding hydrogens is 537 g/mol. The SMILES string of the molecule is O=C(CCOCCOCCOCCOCCN1C(=O)c2ccccc2C1=O)Oc1c(F)c(F)c(F)c(F)c1F. The Morgan fingerprint density at radius 3 is 1.51 bits per heavy atom. The van der Waals surface area contributed by atoms with E-state index in [-0.39, 0.29) is 71.2 Å². The fourth-order valence-electron chi connectivity index (χ4n) is 3.35. The standard InChI is InChI=1S/C25H24F5NO8/c26-18-19(27)21(29)23(22(30)20(18)28)39-17(32)5-7-35-9-11-37-13-14-38-12-10-36-8-6-31-24(33)15-3-1-2-4-16(15)25(31)34/h1-4H,5-14H2. The zero-order valence-electron chi connectivity index (χ0n) is 20.5. The van der Waals surface area contributed by atoms with Crippen molar-refractivity contribution >= 4 is 17.8 Å². The van der Waals surface area contributed by atoms with Gasteiger partial charge in [0, 0.05) is 0 Å². The Labute approximate surface area is 219 Å². The highest BCUT2D eigenvalue weighted by atomic mass is 19.2. The van der Waals surface area contributed by atoms with Crippen LogP contribution in [-0.2, 0) is 23.7 Å². The van der Waals surface area contributed by atoms with Crippen LogP contribution in [0.3, 0.4) is 0 Å². The van der Waals surface area contributed by atoms with Gasteiger partial charge in [-0.3, -0.25) is 19.3 Å². The number of amides is 2. The molecule has 39 heavy (non-hydrogen) atoms. The van der Waals surface area contributed by atoms with Crippen LogP contribution in [0, 0.1) is 29.1 Å². The predicted molar refractivity (Wildman–Crippen MR) is 122 cm³/mol. The topological polar surface area (TPSA) is 101 Å². The summed E-state index contributed by atoms with van der Waals surface area (Å²) in [5.74, 6) is -14.9. The van der Waals surface area contributed by atoms with Crippen LogP contribution in [-0.4, -0.2) is 82.1 Å². The molecule has 0 bridgehead atoms. The summed E-state index contributed by atoms with van der Waals surface area (Å²) in [5, 5.41) is 0. The second-order valence-corrected chi connectivity index (χ2v) is 7.88. The van der Waals surface area contributed by atoms with E-state index < -0.39 is 47.2 Å². The highest BCUT2D eigenvalue weighted by Crippen LogP contribution is 2.29. The molecule has 0 atom stereocenters. The number of halogens is 5. The van der Waals surface area contributed by atoms with Crippen molar-refractivity contribution in [2.45, 2.75) is 6.42 Å². The highest BCUT2D eigenvalue weighted by Gasteiger charge is 2.34. The molecule has 2 aromatic rings. The average Bonchev–Trinajstić information content (AvgIpc) is 3.18. The molecule has 0 aliphatic carbocycles. The van der Waals surface area contributed by atoms with Crippen molar-refractivity contribution in [3.63, 3.8) is 0 Å². The molecule has 0 saturated carbocycles. The number of hydrogen-bond donors (Lipinski definition) is 0. The smallest absolute Gasteiger partial charge is 0.313 e. The molecule has 1 aliphatic heterocycles. The Morgan fingerprint density at radius 2 is 1.03 bits per heavy atom. The summed E-state index contributed by atoms with van der Waals surface area (Å²) in [6.45, 7) is 1.20. The number of ether oxygens (including phenoxy) is 5. The first-order chi connectivity index (χ1) is 18.7. The fraction of sp³-hybridized carbons (Fsp3) is 0.400. The lowest BCUT2D eigenvalue weighted by atomic mass is 10.1. The second-order valence-electron chi connectivity index (χ2n) is 7.88. The molecule has 2 aromatic carbocycles. The number of carbonyl (C=O) groups is 3. The maximum Gasteiger partial charge on any atom is 0.313 e. The molecule has 0 spiro atoms. The Balaban J connectivity index is 1.15. The van der Waals surface area contributed by atoms with Crippen LogP contribution in [0.1, 0.15) is 27.1 Å². The molecule has 0 saturated heterocycles. The van der Waals surface area contributed by atoms with Crippen molar-refractivity contribution in [1.82, 2.24) is 4.90 Å². The predicted octanol–water partition coefficient (Wildman–Crippen LogP) is 3.04. The van der Waals surface area contributed by atoms with E-state index in [0.29, 0.717) is 11.1 Å². The van der Waals surface area contributed by atoms with Crippen molar-refractivity contribution in [3.05, 3.63) is 64.5 Å². The molecule has 1 aliphatic rings. The van der Waals surface area contributed by atoms with Crippen LogP contribution >= 0.6 is 0 Å². The van der Waals surface area contributed by atoms with E-state index in [1.807, 2.05) is 0 Å². The van der Waals surface area contributed by atoms with Crippen LogP contribution < -0.4 is 4.74 Å². The normalized spacial score (nSPS) is 12.8. The van der Waals surface area contributed by atoms with Gasteiger partial charge >= 0.3 is 5.97 Å². The lowest BCUT2D eigenvalue weighted by Gasteiger charge is -2.13. The number of carbonyl (C=O) groups excluding carboxylic acids is 3. The van der Waals surface area contributed by atoms with Crippen molar-refractivity contribution < 1.29 is 60.0 Å². The first kappa shape index (κ1) is 30.1. The Kier molecular flexibility index (Phi) is 11.3. The lowest BCUT2D eigenvalue weighted by molar-refractivity contribution is -0.136. The Bertz CT molecular complexity index is 1130. The molecule has 9 nitrogen and oxygen atoms in total. The van der Waals surface area contributed by atoms with Crippen LogP contribution in [0.5, 0.6) is 5.75 Å². The number of benzene rings is 2. The van der Waals surface area contributed by atoms with Gasteiger partial charge < -0.3 is 23.7 Å². The van der Waals surface area contributed by atoms with Gasteiger partial charge in [-0.1, -0.05) is 12.1 Å². The molecule has 14 heteroatoms. The van der Waals surface area contributed by atoms with Crippen molar-refractivity contribution in [1.29, 1.82) is 0 Å². The molecule has 3 rings (SSSR count). The van der Waals surface area contributed by atoms with Gasteiger partial charge in [0.25, 0.3) is 11.8 Å². The van der Waals surface area contributed by atoms with Crippen LogP contribution in [0.4, 0.5) is 22.0 Å². The quantitative estimate of drug-likeness (QED) is 0.0587. The summed E-state index contributed by atoms with van der Waals surface area (Å²) in [6, 6.07) is 6.60. The van der Waals surface area contributed by atoms with Crippen LogP contribution in [0.15, 0.2) is 24.3 Å². The van der Waals surface area contributed by atoms with Crippen molar-refractivity contribution in [3.8, 4) is 5.75 Å². The minimum atomic E-state index is -2.36. The molecule has 212 valence electrons. The monoisotopic (exact) mass is 561 g/mol. The summed E-state index contributed by atoms with van der Waals surface area (Å²) in [4.78, 5) is 37.2. The molecule has 0 radical (unpaired) electrons. The molecule has 2 amide bonds. The first-order valence-corrected chi connectivity index (χ1v) is 11.7. The summed E-state index contributed by atoms with van der Waals surface area (Å²) in [6.07, 6.45) is -0.504. The van der Waals surface area contributed by atoms with E-state index in [0.717, 1.165) is 4.90 Å². The van der Waals surface area contributed by atoms with Gasteiger partial charge in [-0.2, -0.15) is 8.78 Å². The average molecular weight is 561 g/mol. The third-order valence-corrected chi connectivity index (χ3v) is 5.29. The van der Waals surface area contributed by atoms with Gasteiger partial charge in [-0.15, -0.1) is 0 Å². The van der Waals surface area contributed by atoms with Crippen LogP contribution in [0.25, 0.3) is 0 Å².